The van der Waals surface area contributed by atoms with Gasteiger partial charge in [-0.15, -0.1) is 0 Å². The molecule has 2 aromatic carbocycles. The quantitative estimate of drug-likeness (QED) is 0.310. The van der Waals surface area contributed by atoms with Crippen LogP contribution in [0.1, 0.15) is 45.6 Å². The van der Waals surface area contributed by atoms with Crippen molar-refractivity contribution in [2.24, 2.45) is 5.73 Å². The van der Waals surface area contributed by atoms with E-state index < -0.39 is 42.1 Å². The van der Waals surface area contributed by atoms with Crippen LogP contribution in [0.5, 0.6) is 5.75 Å². The standard InChI is InChI=1S/C25H26FN5O6S/c1-3-36-17-10-8-14(9-11-17)21(24(34)29-13-18(32)37-4-2)31(16-7-5-6-15(26)12-16)25(35)22-19(27)20(23(28)33)30-38-22/h5-12,21H,3-4,13,27H2,1-2H3,(H2,28,33)(H,29,34)/t21-/m1/s1. The number of primary amides is 1. The number of amides is 3. The number of ether oxygens (including phenoxy) is 2. The minimum atomic E-state index is -1.41. The Morgan fingerprint density at radius 2 is 1.82 bits per heavy atom. The zero-order valence-electron chi connectivity index (χ0n) is 20.6. The number of anilines is 2. The second-order valence-corrected chi connectivity index (χ2v) is 8.49. The first-order chi connectivity index (χ1) is 18.2. The van der Waals surface area contributed by atoms with Crippen LogP contribution in [0.4, 0.5) is 15.8 Å². The van der Waals surface area contributed by atoms with E-state index in [0.717, 1.165) is 11.0 Å². The van der Waals surface area contributed by atoms with Crippen molar-refractivity contribution in [2.75, 3.05) is 30.4 Å². The van der Waals surface area contributed by atoms with Crippen LogP contribution < -0.4 is 26.4 Å². The summed E-state index contributed by atoms with van der Waals surface area (Å²) in [6, 6.07) is 9.93. The smallest absolute Gasteiger partial charge is 0.325 e. The molecule has 3 rings (SSSR count). The van der Waals surface area contributed by atoms with Gasteiger partial charge in [-0.1, -0.05) is 18.2 Å². The predicted octanol–water partition coefficient (Wildman–Crippen LogP) is 2.43. The van der Waals surface area contributed by atoms with Crippen LogP contribution in [-0.2, 0) is 14.3 Å². The maximum atomic E-state index is 14.3. The molecule has 38 heavy (non-hydrogen) atoms. The fourth-order valence-corrected chi connectivity index (χ4v) is 4.29. The van der Waals surface area contributed by atoms with Gasteiger partial charge in [0.2, 0.25) is 5.91 Å². The average molecular weight is 544 g/mol. The summed E-state index contributed by atoms with van der Waals surface area (Å²) < 4.78 is 28.5. The van der Waals surface area contributed by atoms with Crippen LogP contribution in [0.3, 0.4) is 0 Å². The van der Waals surface area contributed by atoms with Crippen molar-refractivity contribution in [2.45, 2.75) is 19.9 Å². The van der Waals surface area contributed by atoms with Crippen LogP contribution in [0.2, 0.25) is 0 Å². The van der Waals surface area contributed by atoms with Crippen molar-refractivity contribution in [1.29, 1.82) is 0 Å². The van der Waals surface area contributed by atoms with Crippen LogP contribution in [-0.4, -0.2) is 47.8 Å². The van der Waals surface area contributed by atoms with Gasteiger partial charge in [0.25, 0.3) is 11.8 Å². The number of nitrogens with one attached hydrogen (secondary N) is 1. The second-order valence-electron chi connectivity index (χ2n) is 7.72. The number of esters is 1. The molecule has 0 bridgehead atoms. The molecule has 3 amide bonds. The van der Waals surface area contributed by atoms with Gasteiger partial charge in [0.15, 0.2) is 5.69 Å². The van der Waals surface area contributed by atoms with Gasteiger partial charge >= 0.3 is 5.97 Å². The third-order valence-corrected chi connectivity index (χ3v) is 6.04. The van der Waals surface area contributed by atoms with Gasteiger partial charge in [-0.2, -0.15) is 4.37 Å². The Morgan fingerprint density at radius 1 is 1.11 bits per heavy atom. The molecule has 1 atom stereocenters. The molecule has 0 aliphatic carbocycles. The molecule has 13 heteroatoms. The van der Waals surface area contributed by atoms with E-state index in [0.29, 0.717) is 29.5 Å². The maximum Gasteiger partial charge on any atom is 0.325 e. The maximum absolute atomic E-state index is 14.3. The number of rotatable bonds is 11. The van der Waals surface area contributed by atoms with Crippen LogP contribution in [0.25, 0.3) is 0 Å². The van der Waals surface area contributed by atoms with Crippen molar-refractivity contribution in [3.05, 3.63) is 70.5 Å². The summed E-state index contributed by atoms with van der Waals surface area (Å²) in [6.45, 7) is 3.47. The number of hydrogen-bond acceptors (Lipinski definition) is 9. The second kappa shape index (κ2) is 12.6. The van der Waals surface area contributed by atoms with Gasteiger partial charge in [-0.05, 0) is 61.3 Å². The van der Waals surface area contributed by atoms with Gasteiger partial charge < -0.3 is 26.3 Å². The Balaban J connectivity index is 2.15. The van der Waals surface area contributed by atoms with Gasteiger partial charge in [-0.3, -0.25) is 24.1 Å². The monoisotopic (exact) mass is 543 g/mol. The lowest BCUT2D eigenvalue weighted by Gasteiger charge is -2.31. The summed E-state index contributed by atoms with van der Waals surface area (Å²) in [6.07, 6.45) is 0. The molecule has 0 radical (unpaired) electrons. The molecule has 0 aliphatic heterocycles. The van der Waals surface area contributed by atoms with Crippen LogP contribution in [0, 0.1) is 5.82 Å². The van der Waals surface area contributed by atoms with Crippen molar-refractivity contribution in [1.82, 2.24) is 9.69 Å². The highest BCUT2D eigenvalue weighted by Gasteiger charge is 2.36. The van der Waals surface area contributed by atoms with Crippen LogP contribution >= 0.6 is 11.5 Å². The molecular weight excluding hydrogens is 517 g/mol. The van der Waals surface area contributed by atoms with E-state index in [1.807, 2.05) is 6.92 Å². The minimum absolute atomic E-state index is 0.00796. The van der Waals surface area contributed by atoms with Gasteiger partial charge in [-0.25, -0.2) is 4.39 Å². The highest BCUT2D eigenvalue weighted by Crippen LogP contribution is 2.34. The number of nitrogens with two attached hydrogens (primary N) is 2. The largest absolute Gasteiger partial charge is 0.494 e. The average Bonchev–Trinajstić information content (AvgIpc) is 3.28. The van der Waals surface area contributed by atoms with Crippen molar-refractivity contribution in [3.63, 3.8) is 0 Å². The molecule has 3 aromatic rings. The number of hydrogen-bond donors (Lipinski definition) is 3. The first-order valence-electron chi connectivity index (χ1n) is 11.5. The Morgan fingerprint density at radius 3 is 2.39 bits per heavy atom. The van der Waals surface area contributed by atoms with Crippen LogP contribution in [0.15, 0.2) is 48.5 Å². The topological polar surface area (TPSA) is 167 Å². The lowest BCUT2D eigenvalue weighted by atomic mass is 10.0. The fourth-order valence-electron chi connectivity index (χ4n) is 3.55. The fraction of sp³-hybridized carbons (Fsp3) is 0.240. The third-order valence-electron chi connectivity index (χ3n) is 5.19. The molecule has 5 N–H and O–H groups in total. The molecule has 0 saturated heterocycles. The van der Waals surface area contributed by atoms with E-state index in [2.05, 4.69) is 9.69 Å². The third kappa shape index (κ3) is 6.42. The molecule has 200 valence electrons. The summed E-state index contributed by atoms with van der Waals surface area (Å²) in [4.78, 5) is 51.9. The Kier molecular flexibility index (Phi) is 9.33. The zero-order valence-corrected chi connectivity index (χ0v) is 21.4. The van der Waals surface area contributed by atoms with E-state index in [1.54, 1.807) is 31.2 Å². The summed E-state index contributed by atoms with van der Waals surface area (Å²) in [5, 5.41) is 2.46. The first kappa shape index (κ1) is 28.1. The molecular formula is C25H26FN5O6S. The number of carbonyl (C=O) groups excluding carboxylic acids is 4. The molecule has 0 aliphatic rings. The van der Waals surface area contributed by atoms with Crippen molar-refractivity contribution >= 4 is 46.6 Å². The summed E-state index contributed by atoms with van der Waals surface area (Å²) in [5.41, 5.74) is 11.0. The molecule has 0 saturated carbocycles. The van der Waals surface area contributed by atoms with Gasteiger partial charge in [0, 0.05) is 5.69 Å². The lowest BCUT2D eigenvalue weighted by molar-refractivity contribution is -0.143. The highest BCUT2D eigenvalue weighted by atomic mass is 32.1. The SMILES string of the molecule is CCOC(=O)CNC(=O)[C@@H](c1ccc(OCC)cc1)N(C(=O)c1snc(C(N)=O)c1N)c1cccc(F)c1. The summed E-state index contributed by atoms with van der Waals surface area (Å²) in [7, 11) is 0. The number of aromatic nitrogens is 1. The van der Waals surface area contributed by atoms with Gasteiger partial charge in [0.1, 0.15) is 29.0 Å². The lowest BCUT2D eigenvalue weighted by Crippen LogP contribution is -2.45. The number of nitrogens with zero attached hydrogens (tertiary/aromatic N) is 2. The van der Waals surface area contributed by atoms with E-state index in [-0.39, 0.29) is 28.6 Å². The zero-order chi connectivity index (χ0) is 27.8. The van der Waals surface area contributed by atoms with E-state index in [4.69, 9.17) is 20.9 Å². The minimum Gasteiger partial charge on any atom is -0.494 e. The molecule has 11 nitrogen and oxygen atoms in total. The Bertz CT molecular complexity index is 1330. The molecule has 0 unspecified atom stereocenters. The van der Waals surface area contributed by atoms with E-state index >= 15 is 0 Å². The van der Waals surface area contributed by atoms with Crippen molar-refractivity contribution in [3.8, 4) is 5.75 Å². The highest BCUT2D eigenvalue weighted by molar-refractivity contribution is 7.09. The number of carbonyl (C=O) groups is 4. The summed E-state index contributed by atoms with van der Waals surface area (Å²) >= 11 is 0.611. The number of halogens is 1. The van der Waals surface area contributed by atoms with Gasteiger partial charge in [0.05, 0.1) is 18.9 Å². The van der Waals surface area contributed by atoms with E-state index in [9.17, 15) is 23.6 Å². The van der Waals surface area contributed by atoms with Crippen molar-refractivity contribution < 1.29 is 33.0 Å². The summed E-state index contributed by atoms with van der Waals surface area (Å²) in [5.74, 6) is -3.39. The van der Waals surface area contributed by atoms with E-state index in [1.165, 1.54) is 18.2 Å². The first-order valence-corrected chi connectivity index (χ1v) is 12.2. The molecule has 1 heterocycles. The number of nitrogen functional groups attached to an aromatic ring is 1. The molecule has 0 spiro atoms. The normalized spacial score (nSPS) is 11.3. The number of benzene rings is 2. The molecule has 1 aromatic heterocycles. The Hall–Kier alpha value is -4.52. The molecule has 0 fully saturated rings. The predicted molar refractivity (Wildman–Crippen MR) is 138 cm³/mol. The Labute approximate surface area is 221 Å².